The summed E-state index contributed by atoms with van der Waals surface area (Å²) in [5, 5.41) is 2.59. The van der Waals surface area contributed by atoms with Crippen molar-refractivity contribution in [2.75, 3.05) is 0 Å². The van der Waals surface area contributed by atoms with Crippen LogP contribution >= 0.6 is 0 Å². The zero-order chi connectivity index (χ0) is 27.4. The molecule has 5 aromatic carbocycles. The van der Waals surface area contributed by atoms with E-state index in [0.717, 1.165) is 0 Å². The van der Waals surface area contributed by atoms with E-state index in [0.29, 0.717) is 0 Å². The summed E-state index contributed by atoms with van der Waals surface area (Å²) >= 11 is 0. The molecule has 39 heavy (non-hydrogen) atoms. The minimum Gasteiger partial charge on any atom is -0.310 e. The maximum absolute atomic E-state index is 2.50. The highest BCUT2D eigenvalue weighted by Gasteiger charge is 2.32. The molecule has 2 heteroatoms. The number of benzene rings is 5. The Kier molecular flexibility index (Phi) is 6.22. The van der Waals surface area contributed by atoms with Gasteiger partial charge in [0.1, 0.15) is 0 Å². The molecule has 0 N–H and O–H groups in total. The molecule has 0 saturated carbocycles. The molecule has 0 amide bonds. The van der Waals surface area contributed by atoms with E-state index in [1.165, 1.54) is 82.8 Å². The molecule has 6 aromatic rings. The lowest BCUT2D eigenvalue weighted by Gasteiger charge is -2.28. The Bertz CT molecular complexity index is 1730. The highest BCUT2D eigenvalue weighted by Crippen LogP contribution is 2.32. The van der Waals surface area contributed by atoms with Crippen LogP contribution in [0.15, 0.2) is 91.0 Å². The molecule has 0 unspecified atom stereocenters. The minimum atomic E-state index is 0.113. The molecule has 0 aliphatic heterocycles. The van der Waals surface area contributed by atoms with Gasteiger partial charge in [0, 0.05) is 16.5 Å². The largest absolute Gasteiger partial charge is 0.310 e. The quantitative estimate of drug-likeness (QED) is 0.219. The molecule has 192 valence electrons. The Morgan fingerprint density at radius 2 is 0.872 bits per heavy atom. The van der Waals surface area contributed by atoms with E-state index in [2.05, 4.69) is 144 Å². The lowest BCUT2D eigenvalue weighted by molar-refractivity contribution is 1.18. The third-order valence-electron chi connectivity index (χ3n) is 8.46. The van der Waals surface area contributed by atoms with E-state index < -0.39 is 0 Å². The van der Waals surface area contributed by atoms with Crippen molar-refractivity contribution in [2.45, 2.75) is 48.5 Å². The van der Waals surface area contributed by atoms with Crippen LogP contribution in [0.1, 0.15) is 38.9 Å². The molecule has 1 heterocycles. The van der Waals surface area contributed by atoms with E-state index in [9.17, 15) is 0 Å². The van der Waals surface area contributed by atoms with Gasteiger partial charge < -0.3 is 4.57 Å². The normalized spacial score (nSPS) is 11.5. The topological polar surface area (TPSA) is 4.93 Å². The van der Waals surface area contributed by atoms with Crippen LogP contribution in [0.2, 0.25) is 0 Å². The summed E-state index contributed by atoms with van der Waals surface area (Å²) in [6.45, 7) is 16.0. The molecule has 1 aromatic heterocycles. The summed E-state index contributed by atoms with van der Waals surface area (Å²) in [4.78, 5) is 0. The summed E-state index contributed by atoms with van der Waals surface area (Å²) in [6, 6.07) is 33.9. The van der Waals surface area contributed by atoms with Crippen molar-refractivity contribution < 1.29 is 0 Å². The summed E-state index contributed by atoms with van der Waals surface area (Å²) in [5.74, 6) is 0. The third-order valence-corrected chi connectivity index (χ3v) is 8.46. The van der Waals surface area contributed by atoms with Crippen molar-refractivity contribution in [3.8, 4) is 5.69 Å². The van der Waals surface area contributed by atoms with Crippen LogP contribution in [0.4, 0.5) is 0 Å². The summed E-state index contributed by atoms with van der Waals surface area (Å²) in [5.41, 5.74) is 17.4. The summed E-state index contributed by atoms with van der Waals surface area (Å²) in [6.07, 6.45) is 0. The maximum Gasteiger partial charge on any atom is 0.245 e. The second kappa shape index (κ2) is 9.61. The van der Waals surface area contributed by atoms with Crippen LogP contribution in [0, 0.1) is 48.5 Å². The number of nitrogens with zero attached hydrogens (tertiary/aromatic N) is 1. The van der Waals surface area contributed by atoms with Gasteiger partial charge in [-0.3, -0.25) is 0 Å². The number of rotatable bonds is 4. The van der Waals surface area contributed by atoms with Crippen LogP contribution in [0.5, 0.6) is 0 Å². The predicted octanol–water partition coefficient (Wildman–Crippen LogP) is 7.46. The Balaban J connectivity index is 1.78. The predicted molar refractivity (Wildman–Crippen MR) is 171 cm³/mol. The second-order valence-corrected chi connectivity index (χ2v) is 11.4. The van der Waals surface area contributed by atoms with E-state index >= 15 is 0 Å². The van der Waals surface area contributed by atoms with Gasteiger partial charge in [0.05, 0.1) is 11.0 Å². The van der Waals surface area contributed by atoms with Crippen molar-refractivity contribution >= 4 is 44.9 Å². The molecule has 0 aliphatic carbocycles. The second-order valence-electron chi connectivity index (χ2n) is 11.4. The number of aryl methyl sites for hydroxylation is 7. The van der Waals surface area contributed by atoms with Crippen LogP contribution in [0.25, 0.3) is 27.5 Å². The van der Waals surface area contributed by atoms with Crippen LogP contribution in [-0.4, -0.2) is 11.3 Å². The van der Waals surface area contributed by atoms with Gasteiger partial charge >= 0.3 is 0 Å². The van der Waals surface area contributed by atoms with Gasteiger partial charge in [-0.1, -0.05) is 123 Å². The number of para-hydroxylation sites is 2. The lowest BCUT2D eigenvalue weighted by atomic mass is 9.33. The Hall–Kier alpha value is -4.04. The van der Waals surface area contributed by atoms with E-state index in [4.69, 9.17) is 0 Å². The Morgan fingerprint density at radius 1 is 0.436 bits per heavy atom. The first-order chi connectivity index (χ1) is 18.8. The summed E-state index contributed by atoms with van der Waals surface area (Å²) < 4.78 is 2.50. The third kappa shape index (κ3) is 4.10. The Labute approximate surface area is 233 Å². The molecule has 0 fully saturated rings. The van der Waals surface area contributed by atoms with E-state index in [1.807, 2.05) is 0 Å². The molecule has 0 saturated heterocycles. The molecule has 1 nitrogen and oxygen atoms in total. The number of hydrogen-bond acceptors (Lipinski definition) is 0. The van der Waals surface area contributed by atoms with Gasteiger partial charge in [0.25, 0.3) is 0 Å². The zero-order valence-corrected chi connectivity index (χ0v) is 24.2. The van der Waals surface area contributed by atoms with Gasteiger partial charge in [-0.2, -0.15) is 0 Å². The first-order valence-electron chi connectivity index (χ1n) is 14.0. The highest BCUT2D eigenvalue weighted by molar-refractivity contribution is 6.97. The first kappa shape index (κ1) is 25.3. The van der Waals surface area contributed by atoms with Crippen LogP contribution in [-0.2, 0) is 0 Å². The molecule has 0 radical (unpaired) electrons. The monoisotopic (exact) mass is 505 g/mol. The molecular weight excluding hydrogens is 469 g/mol. The number of aromatic nitrogens is 1. The average molecular weight is 506 g/mol. The van der Waals surface area contributed by atoms with Crippen LogP contribution < -0.4 is 16.4 Å². The van der Waals surface area contributed by atoms with Crippen molar-refractivity contribution in [3.63, 3.8) is 0 Å². The zero-order valence-electron chi connectivity index (χ0n) is 24.2. The van der Waals surface area contributed by atoms with Crippen molar-refractivity contribution in [2.24, 2.45) is 0 Å². The smallest absolute Gasteiger partial charge is 0.245 e. The van der Waals surface area contributed by atoms with Gasteiger partial charge in [0.15, 0.2) is 0 Å². The van der Waals surface area contributed by atoms with E-state index in [-0.39, 0.29) is 6.71 Å². The number of fused-ring (bicyclic) bond motifs is 3. The highest BCUT2D eigenvalue weighted by atomic mass is 15.0. The Morgan fingerprint density at radius 3 is 1.33 bits per heavy atom. The fraction of sp³-hybridized carbons (Fsp3) is 0.189. The van der Waals surface area contributed by atoms with E-state index in [1.54, 1.807) is 0 Å². The molecule has 0 atom stereocenters. The van der Waals surface area contributed by atoms with Crippen LogP contribution in [0.3, 0.4) is 0 Å². The maximum atomic E-state index is 2.50. The fourth-order valence-corrected chi connectivity index (χ4v) is 7.14. The summed E-state index contributed by atoms with van der Waals surface area (Å²) in [7, 11) is 0. The molecule has 0 spiro atoms. The molecule has 6 rings (SSSR count). The van der Waals surface area contributed by atoms with Gasteiger partial charge in [0.2, 0.25) is 6.71 Å². The lowest BCUT2D eigenvalue weighted by Crippen LogP contribution is -2.57. The molecule has 0 aliphatic rings. The molecular formula is C37H36BN. The van der Waals surface area contributed by atoms with Gasteiger partial charge in [-0.25, -0.2) is 0 Å². The molecule has 0 bridgehead atoms. The standard InChI is InChI=1S/C37H36BN/c1-23-19-26(4)35(27(5)20-23)38(36-28(6)21-24(2)22-29(36)7)37-25(3)13-12-18-34(37)39-32-16-10-8-14-30(32)31-15-9-11-17-33(31)39/h8-22H,1-7H3. The number of hydrogen-bond donors (Lipinski definition) is 0. The van der Waals surface area contributed by atoms with Crippen molar-refractivity contribution in [3.05, 3.63) is 130 Å². The first-order valence-corrected chi connectivity index (χ1v) is 14.0. The fourth-order valence-electron chi connectivity index (χ4n) is 7.14. The van der Waals surface area contributed by atoms with Crippen molar-refractivity contribution in [1.29, 1.82) is 0 Å². The minimum absolute atomic E-state index is 0.113. The van der Waals surface area contributed by atoms with Crippen molar-refractivity contribution in [1.82, 2.24) is 4.57 Å². The van der Waals surface area contributed by atoms with Gasteiger partial charge in [-0.15, -0.1) is 0 Å². The SMILES string of the molecule is Cc1cc(C)c(B(c2c(C)cc(C)cc2C)c2c(C)cccc2-n2c3ccccc3c3ccccc32)c(C)c1. The van der Waals surface area contributed by atoms with Gasteiger partial charge in [-0.05, 0) is 72.1 Å². The average Bonchev–Trinajstić information content (AvgIpc) is 3.21.